The van der Waals surface area contributed by atoms with Crippen molar-refractivity contribution in [3.63, 3.8) is 0 Å². The first-order chi connectivity index (χ1) is 24.3. The minimum atomic E-state index is -5.21. The number of hydrogen-bond donors (Lipinski definition) is 4. The summed E-state index contributed by atoms with van der Waals surface area (Å²) < 4.78 is 59.6. The number of hydrogen-bond acceptors (Lipinski definition) is 9. The number of aromatic hydroxyl groups is 4. The van der Waals surface area contributed by atoms with E-state index < -0.39 is 52.1 Å². The van der Waals surface area contributed by atoms with Crippen LogP contribution in [0.15, 0.2) is 93.2 Å². The van der Waals surface area contributed by atoms with Gasteiger partial charge in [0.2, 0.25) is 11.2 Å². The molecule has 0 amide bonds. The highest BCUT2D eigenvalue weighted by atomic mass is 19.4. The predicted molar refractivity (Wildman–Crippen MR) is 190 cm³/mol. The van der Waals surface area contributed by atoms with E-state index in [2.05, 4.69) is 6.58 Å². The zero-order chi connectivity index (χ0) is 38.7. The van der Waals surface area contributed by atoms with Gasteiger partial charge in [-0.1, -0.05) is 72.3 Å². The Kier molecular flexibility index (Phi) is 11.6. The maximum absolute atomic E-state index is 14.5. The number of phenolic OH excluding ortho intramolecular Hbond substituents is 3. The van der Waals surface area contributed by atoms with Crippen LogP contribution < -0.4 is 5.43 Å². The summed E-state index contributed by atoms with van der Waals surface area (Å²) in [5.41, 5.74) is -2.70. The highest BCUT2D eigenvalue weighted by molar-refractivity contribution is 5.93. The van der Waals surface area contributed by atoms with Crippen molar-refractivity contribution in [1.82, 2.24) is 0 Å². The molecule has 0 saturated carbocycles. The first-order valence-corrected chi connectivity index (χ1v) is 16.2. The molecule has 0 aliphatic rings. The van der Waals surface area contributed by atoms with Crippen LogP contribution in [0.4, 0.5) is 13.2 Å². The van der Waals surface area contributed by atoms with Crippen LogP contribution in [0.1, 0.15) is 56.9 Å². The SMILES string of the molecule is C=C(C)[C@H](Cc1ccc(-c2oc3c(CC=C(C)C)c(O)c(CC=C(C)C)c(O)c3c(=O)c2O)cc1O)OC(=O)[C@@](OC)(c1ccccc1)C(F)(F)F. The van der Waals surface area contributed by atoms with Gasteiger partial charge in [0.1, 0.15) is 34.3 Å². The van der Waals surface area contributed by atoms with Crippen molar-refractivity contribution in [1.29, 1.82) is 0 Å². The Morgan fingerprint density at radius 2 is 1.48 bits per heavy atom. The zero-order valence-corrected chi connectivity index (χ0v) is 29.6. The second-order valence-corrected chi connectivity index (χ2v) is 13.0. The Bertz CT molecular complexity index is 2120. The van der Waals surface area contributed by atoms with Crippen molar-refractivity contribution in [2.45, 2.75) is 71.8 Å². The number of allylic oxidation sites excluding steroid dienone is 4. The normalized spacial score (nSPS) is 13.2. The van der Waals surface area contributed by atoms with Gasteiger partial charge in [-0.3, -0.25) is 4.79 Å². The number of carbonyl (C=O) groups is 1. The van der Waals surface area contributed by atoms with Crippen LogP contribution >= 0.6 is 0 Å². The maximum atomic E-state index is 14.5. The molecule has 0 aliphatic carbocycles. The van der Waals surface area contributed by atoms with Crippen LogP contribution in [0.5, 0.6) is 23.0 Å². The van der Waals surface area contributed by atoms with Crippen LogP contribution in [0, 0.1) is 0 Å². The lowest BCUT2D eigenvalue weighted by atomic mass is 9.92. The number of carbonyl (C=O) groups excluding carboxylic acids is 1. The summed E-state index contributed by atoms with van der Waals surface area (Å²) in [5.74, 6) is -4.26. The van der Waals surface area contributed by atoms with Crippen molar-refractivity contribution in [3.8, 4) is 34.3 Å². The number of methoxy groups -OCH3 is 1. The minimum absolute atomic E-state index is 0.0157. The minimum Gasteiger partial charge on any atom is -0.508 e. The Labute approximate surface area is 298 Å². The number of rotatable bonds is 12. The van der Waals surface area contributed by atoms with Gasteiger partial charge in [-0.15, -0.1) is 0 Å². The number of benzene rings is 3. The van der Waals surface area contributed by atoms with Gasteiger partial charge in [0.15, 0.2) is 5.76 Å². The van der Waals surface area contributed by atoms with E-state index in [-0.39, 0.29) is 69.6 Å². The predicted octanol–water partition coefficient (Wildman–Crippen LogP) is 8.43. The van der Waals surface area contributed by atoms with Crippen LogP contribution in [0.25, 0.3) is 22.3 Å². The van der Waals surface area contributed by atoms with E-state index in [1.165, 1.54) is 37.3 Å². The van der Waals surface area contributed by atoms with Crippen molar-refractivity contribution < 1.29 is 52.3 Å². The average Bonchev–Trinajstić information content (AvgIpc) is 3.06. The van der Waals surface area contributed by atoms with E-state index in [0.717, 1.165) is 36.5 Å². The number of phenols is 3. The smallest absolute Gasteiger partial charge is 0.432 e. The van der Waals surface area contributed by atoms with Gasteiger partial charge in [0.05, 0.1) is 0 Å². The van der Waals surface area contributed by atoms with E-state index in [4.69, 9.17) is 13.9 Å². The Hall–Kier alpha value is -5.49. The highest BCUT2D eigenvalue weighted by Crippen LogP contribution is 2.45. The first kappa shape index (κ1) is 39.3. The number of ether oxygens (including phenoxy) is 2. The third-order valence-electron chi connectivity index (χ3n) is 8.61. The summed E-state index contributed by atoms with van der Waals surface area (Å²) in [5, 5.41) is 44.2. The van der Waals surface area contributed by atoms with Gasteiger partial charge < -0.3 is 34.3 Å². The van der Waals surface area contributed by atoms with E-state index in [0.29, 0.717) is 0 Å². The lowest BCUT2D eigenvalue weighted by Crippen LogP contribution is -2.52. The lowest BCUT2D eigenvalue weighted by Gasteiger charge is -2.34. The molecule has 1 heterocycles. The monoisotopic (exact) mass is 722 g/mol. The van der Waals surface area contributed by atoms with E-state index in [9.17, 15) is 43.2 Å². The van der Waals surface area contributed by atoms with Crippen molar-refractivity contribution >= 4 is 16.9 Å². The molecule has 0 radical (unpaired) electrons. The largest absolute Gasteiger partial charge is 0.508 e. The van der Waals surface area contributed by atoms with Gasteiger partial charge in [0, 0.05) is 35.8 Å². The highest BCUT2D eigenvalue weighted by Gasteiger charge is 2.64. The number of alkyl halides is 3. The van der Waals surface area contributed by atoms with Crippen molar-refractivity contribution in [2.75, 3.05) is 7.11 Å². The van der Waals surface area contributed by atoms with E-state index >= 15 is 0 Å². The zero-order valence-electron chi connectivity index (χ0n) is 29.6. The fourth-order valence-corrected chi connectivity index (χ4v) is 5.69. The third kappa shape index (κ3) is 7.57. The Morgan fingerprint density at radius 3 is 2.00 bits per heavy atom. The van der Waals surface area contributed by atoms with E-state index in [1.807, 2.05) is 27.7 Å². The molecule has 0 bridgehead atoms. The Morgan fingerprint density at radius 1 is 0.885 bits per heavy atom. The molecule has 2 atom stereocenters. The molecule has 1 aromatic heterocycles. The average molecular weight is 723 g/mol. The van der Waals surface area contributed by atoms with Crippen molar-refractivity contribution in [3.05, 3.63) is 116 Å². The molecule has 4 N–H and O–H groups in total. The number of halogens is 3. The van der Waals surface area contributed by atoms with Crippen LogP contribution in [0.3, 0.4) is 0 Å². The molecule has 9 nitrogen and oxygen atoms in total. The fraction of sp³-hybridized carbons (Fsp3) is 0.300. The molecule has 0 unspecified atom stereocenters. The van der Waals surface area contributed by atoms with Crippen LogP contribution in [-0.4, -0.2) is 45.8 Å². The van der Waals surface area contributed by atoms with Crippen LogP contribution in [0.2, 0.25) is 0 Å². The second kappa shape index (κ2) is 15.4. The molecule has 12 heteroatoms. The molecular weight excluding hydrogens is 681 g/mol. The summed E-state index contributed by atoms with van der Waals surface area (Å²) in [4.78, 5) is 26.9. The van der Waals surface area contributed by atoms with Gasteiger partial charge >= 0.3 is 12.1 Å². The number of esters is 1. The maximum Gasteiger partial charge on any atom is 0.432 e. The quantitative estimate of drug-likeness (QED) is 0.0836. The lowest BCUT2D eigenvalue weighted by molar-refractivity contribution is -0.277. The van der Waals surface area contributed by atoms with Crippen molar-refractivity contribution in [2.24, 2.45) is 0 Å². The summed E-state index contributed by atoms with van der Waals surface area (Å²) in [7, 11) is 0.749. The number of fused-ring (bicyclic) bond motifs is 1. The molecule has 4 aromatic rings. The Balaban J connectivity index is 1.78. The third-order valence-corrected chi connectivity index (χ3v) is 8.61. The molecule has 0 aliphatic heterocycles. The first-order valence-electron chi connectivity index (χ1n) is 16.2. The molecule has 52 heavy (non-hydrogen) atoms. The van der Waals surface area contributed by atoms with Gasteiger partial charge in [-0.2, -0.15) is 13.2 Å². The topological polar surface area (TPSA) is 147 Å². The molecule has 0 spiro atoms. The molecule has 0 saturated heterocycles. The van der Waals surface area contributed by atoms with Gasteiger partial charge in [0.25, 0.3) is 5.60 Å². The summed E-state index contributed by atoms with van der Waals surface area (Å²) >= 11 is 0. The van der Waals surface area contributed by atoms with Crippen LogP contribution in [-0.2, 0) is 39.1 Å². The standard InChI is InChI=1S/C40H41F3O9/c1-21(2)13-17-27-32(45)28(18-14-22(3)4)37-31(33(27)46)34(47)35(48)36(52-37)25-16-15-24(29(44)19-25)20-30(23(5)6)51-38(49)39(50-7,40(41,42)43)26-11-9-8-10-12-26/h8-16,19,30,44-46,48H,5,17-18,20H2,1-4,6-7H3/t30-,39-/m0/s1. The summed E-state index contributed by atoms with van der Waals surface area (Å²) in [6.45, 7) is 12.6. The molecule has 3 aromatic carbocycles. The van der Waals surface area contributed by atoms with Gasteiger partial charge in [-0.05, 0) is 64.7 Å². The molecular formula is C40H41F3O9. The molecule has 276 valence electrons. The van der Waals surface area contributed by atoms with E-state index in [1.54, 1.807) is 12.2 Å². The molecule has 0 fully saturated rings. The fourth-order valence-electron chi connectivity index (χ4n) is 5.69. The summed E-state index contributed by atoms with van der Waals surface area (Å²) in [6.07, 6.45) is -3.09. The second-order valence-electron chi connectivity index (χ2n) is 13.0. The summed E-state index contributed by atoms with van der Waals surface area (Å²) in [6, 6.07) is 10.2. The van der Waals surface area contributed by atoms with Gasteiger partial charge in [-0.25, -0.2) is 4.79 Å². The molecule has 4 rings (SSSR count).